The minimum Gasteiger partial charge on any atom is -0.493 e. The molecule has 0 unspecified atom stereocenters. The molecule has 37 heavy (non-hydrogen) atoms. The van der Waals surface area contributed by atoms with Gasteiger partial charge < -0.3 is 29.3 Å². The molecular weight excluding hydrogens is 486 g/mol. The summed E-state index contributed by atoms with van der Waals surface area (Å²) in [6.45, 7) is 16.3. The Labute approximate surface area is 223 Å². The van der Waals surface area contributed by atoms with E-state index in [0.717, 1.165) is 16.8 Å². The predicted molar refractivity (Wildman–Crippen MR) is 151 cm³/mol. The summed E-state index contributed by atoms with van der Waals surface area (Å²) >= 11 is 0. The molecule has 1 aromatic heterocycles. The van der Waals surface area contributed by atoms with Gasteiger partial charge in [-0.25, -0.2) is 0 Å². The van der Waals surface area contributed by atoms with Crippen molar-refractivity contribution in [2.45, 2.75) is 65.3 Å². The maximum absolute atomic E-state index is 13.3. The zero-order valence-electron chi connectivity index (χ0n) is 24.2. The monoisotopic (exact) mass is 531 g/mol. The highest BCUT2D eigenvalue weighted by Gasteiger charge is 2.37. The van der Waals surface area contributed by atoms with Crippen LogP contribution in [0.2, 0.25) is 18.1 Å². The molecular formula is C28H45N3O5Si. The van der Waals surface area contributed by atoms with Crippen molar-refractivity contribution in [3.63, 3.8) is 0 Å². The molecule has 0 fully saturated rings. The number of hydrogen-bond donors (Lipinski definition) is 1. The summed E-state index contributed by atoms with van der Waals surface area (Å²) in [5, 5.41) is 0.0939. The van der Waals surface area contributed by atoms with Gasteiger partial charge in [-0.05, 0) is 53.9 Å². The van der Waals surface area contributed by atoms with Crippen LogP contribution in [-0.2, 0) is 15.8 Å². The second kappa shape index (κ2) is 12.8. The Kier molecular flexibility index (Phi) is 10.5. The zero-order chi connectivity index (χ0) is 28.0. The van der Waals surface area contributed by atoms with E-state index in [9.17, 15) is 4.79 Å². The third kappa shape index (κ3) is 7.69. The molecule has 1 aromatic carbocycles. The predicted octanol–water partition coefficient (Wildman–Crippen LogP) is 5.11. The molecule has 2 N–H and O–H groups in total. The normalized spacial score (nSPS) is 12.9. The number of methoxy groups -OCH3 is 3. The summed E-state index contributed by atoms with van der Waals surface area (Å²) in [4.78, 5) is 19.7. The lowest BCUT2D eigenvalue weighted by molar-refractivity contribution is -0.134. The van der Waals surface area contributed by atoms with Gasteiger partial charge in [0.05, 0.1) is 39.7 Å². The van der Waals surface area contributed by atoms with E-state index >= 15 is 0 Å². The number of nitrogens with two attached hydrogens (primary N) is 1. The van der Waals surface area contributed by atoms with Crippen LogP contribution in [0.25, 0.3) is 11.3 Å². The van der Waals surface area contributed by atoms with Crippen molar-refractivity contribution in [1.82, 2.24) is 9.88 Å². The first kappa shape index (κ1) is 30.6. The van der Waals surface area contributed by atoms with E-state index in [-0.39, 0.29) is 16.9 Å². The highest BCUT2D eigenvalue weighted by atomic mass is 28.4. The van der Waals surface area contributed by atoms with E-state index in [1.165, 1.54) is 0 Å². The van der Waals surface area contributed by atoms with Gasteiger partial charge >= 0.3 is 0 Å². The van der Waals surface area contributed by atoms with Gasteiger partial charge in [0.2, 0.25) is 11.7 Å². The topological polar surface area (TPSA) is 96.1 Å². The average Bonchev–Trinajstić information content (AvgIpc) is 2.85. The lowest BCUT2D eigenvalue weighted by Crippen LogP contribution is -2.48. The van der Waals surface area contributed by atoms with E-state index in [0.29, 0.717) is 36.9 Å². The molecule has 0 aliphatic carbocycles. The van der Waals surface area contributed by atoms with Crippen LogP contribution in [0.4, 0.5) is 0 Å². The maximum atomic E-state index is 13.3. The fraction of sp³-hybridized carbons (Fsp3) is 0.571. The summed E-state index contributed by atoms with van der Waals surface area (Å²) in [5.74, 6) is 1.56. The molecule has 9 heteroatoms. The van der Waals surface area contributed by atoms with Crippen molar-refractivity contribution in [2.75, 3.05) is 34.5 Å². The van der Waals surface area contributed by atoms with Crippen LogP contribution < -0.4 is 19.9 Å². The largest absolute Gasteiger partial charge is 0.493 e. The number of nitrogens with zero attached hydrogens (tertiary/aromatic N) is 2. The molecule has 206 valence electrons. The number of pyridine rings is 1. The summed E-state index contributed by atoms with van der Waals surface area (Å²) in [7, 11) is 2.79. The lowest BCUT2D eigenvalue weighted by Gasteiger charge is -2.37. The first-order chi connectivity index (χ1) is 17.2. The number of ether oxygens (including phenoxy) is 3. The summed E-state index contributed by atoms with van der Waals surface area (Å²) in [6.07, 6.45) is 1.74. The van der Waals surface area contributed by atoms with Crippen LogP contribution >= 0.6 is 0 Å². The van der Waals surface area contributed by atoms with Gasteiger partial charge in [-0.15, -0.1) is 0 Å². The van der Waals surface area contributed by atoms with Crippen molar-refractivity contribution >= 4 is 14.2 Å². The third-order valence-corrected chi connectivity index (χ3v) is 11.6. The summed E-state index contributed by atoms with van der Waals surface area (Å²) < 4.78 is 22.8. The molecule has 2 aromatic rings. The number of hydrogen-bond acceptors (Lipinski definition) is 7. The van der Waals surface area contributed by atoms with Crippen LogP contribution in [0, 0.1) is 5.92 Å². The van der Waals surface area contributed by atoms with Gasteiger partial charge in [0, 0.05) is 24.8 Å². The Morgan fingerprint density at radius 3 is 2.14 bits per heavy atom. The number of amides is 1. The number of benzene rings is 1. The van der Waals surface area contributed by atoms with Gasteiger partial charge in [-0.2, -0.15) is 0 Å². The molecule has 1 amide bonds. The van der Waals surface area contributed by atoms with Gasteiger partial charge in [0.1, 0.15) is 0 Å². The van der Waals surface area contributed by atoms with Gasteiger partial charge in [0.25, 0.3) is 0 Å². The SMILES string of the molecule is COc1cc(-c2cc(CN(CCO[Si](C)(C)C(C)(C)C)C(=O)[C@@H](N)C(C)C)ccn2)cc(OC)c1OC. The summed E-state index contributed by atoms with van der Waals surface area (Å²) in [6, 6.07) is 7.02. The van der Waals surface area contributed by atoms with Crippen LogP contribution in [-0.4, -0.2) is 64.6 Å². The number of carbonyl (C=O) groups is 1. The lowest BCUT2D eigenvalue weighted by atomic mass is 10.0. The second-order valence-corrected chi connectivity index (χ2v) is 15.9. The van der Waals surface area contributed by atoms with Crippen LogP contribution in [0.5, 0.6) is 17.2 Å². The van der Waals surface area contributed by atoms with Crippen LogP contribution in [0.1, 0.15) is 40.2 Å². The smallest absolute Gasteiger partial charge is 0.240 e. The molecule has 0 bridgehead atoms. The van der Waals surface area contributed by atoms with E-state index < -0.39 is 14.4 Å². The number of carbonyl (C=O) groups excluding carboxylic acids is 1. The molecule has 1 heterocycles. The maximum Gasteiger partial charge on any atom is 0.240 e. The Hall–Kier alpha value is -2.62. The van der Waals surface area contributed by atoms with E-state index in [4.69, 9.17) is 24.4 Å². The van der Waals surface area contributed by atoms with Crippen molar-refractivity contribution in [2.24, 2.45) is 11.7 Å². The van der Waals surface area contributed by atoms with Gasteiger partial charge in [0.15, 0.2) is 19.8 Å². The minimum absolute atomic E-state index is 0.0311. The van der Waals surface area contributed by atoms with E-state index in [1.54, 1.807) is 32.4 Å². The Balaban J connectivity index is 2.34. The second-order valence-electron chi connectivity index (χ2n) is 11.1. The first-order valence-corrected chi connectivity index (χ1v) is 15.6. The van der Waals surface area contributed by atoms with Gasteiger partial charge in [-0.1, -0.05) is 34.6 Å². The number of rotatable bonds is 12. The van der Waals surface area contributed by atoms with Crippen LogP contribution in [0.15, 0.2) is 30.5 Å². The zero-order valence-corrected chi connectivity index (χ0v) is 25.2. The molecule has 0 aliphatic heterocycles. The quantitative estimate of drug-likeness (QED) is 0.380. The first-order valence-electron chi connectivity index (χ1n) is 12.7. The van der Waals surface area contributed by atoms with Crippen molar-refractivity contribution in [1.29, 1.82) is 0 Å². The fourth-order valence-corrected chi connectivity index (χ4v) is 4.61. The third-order valence-electron chi connectivity index (χ3n) is 7.10. The Morgan fingerprint density at radius 1 is 1.05 bits per heavy atom. The van der Waals surface area contributed by atoms with E-state index in [2.05, 4.69) is 38.8 Å². The molecule has 0 spiro atoms. The Bertz CT molecular complexity index is 1030. The highest BCUT2D eigenvalue weighted by molar-refractivity contribution is 6.74. The fourth-order valence-electron chi connectivity index (χ4n) is 3.57. The molecule has 1 atom stereocenters. The molecule has 0 radical (unpaired) electrons. The number of aromatic nitrogens is 1. The standard InChI is InChI=1S/C28H45N3O5Si/c1-19(2)25(29)27(32)31(13-14-36-37(9,10)28(3,4)5)18-20-11-12-30-22(15-20)21-16-23(33-6)26(35-8)24(17-21)34-7/h11-12,15-17,19,25H,13-14,18,29H2,1-10H3/t25-/m0/s1. The molecule has 0 aliphatic rings. The van der Waals surface area contributed by atoms with Crippen molar-refractivity contribution in [3.8, 4) is 28.5 Å². The van der Waals surface area contributed by atoms with Crippen LogP contribution in [0.3, 0.4) is 0 Å². The van der Waals surface area contributed by atoms with Crippen molar-refractivity contribution < 1.29 is 23.4 Å². The molecule has 0 saturated carbocycles. The molecule has 2 rings (SSSR count). The Morgan fingerprint density at radius 2 is 1.65 bits per heavy atom. The van der Waals surface area contributed by atoms with Gasteiger partial charge in [-0.3, -0.25) is 9.78 Å². The minimum atomic E-state index is -1.94. The summed E-state index contributed by atoms with van der Waals surface area (Å²) in [5.41, 5.74) is 8.76. The molecule has 8 nitrogen and oxygen atoms in total. The van der Waals surface area contributed by atoms with E-state index in [1.807, 2.05) is 38.1 Å². The average molecular weight is 532 g/mol. The van der Waals surface area contributed by atoms with Crippen molar-refractivity contribution in [3.05, 3.63) is 36.0 Å². The highest BCUT2D eigenvalue weighted by Crippen LogP contribution is 2.41. The molecule has 0 saturated heterocycles.